The molecule has 8 nitrogen and oxygen atoms in total. The van der Waals surface area contributed by atoms with Crippen molar-refractivity contribution in [2.24, 2.45) is 11.7 Å². The van der Waals surface area contributed by atoms with Crippen LogP contribution in [0.2, 0.25) is 0 Å². The van der Waals surface area contributed by atoms with Gasteiger partial charge in [-0.25, -0.2) is 0 Å². The van der Waals surface area contributed by atoms with Crippen LogP contribution in [0.4, 0.5) is 0 Å². The number of likely N-dealkylation sites (tertiary alicyclic amines) is 1. The smallest absolute Gasteiger partial charge is 0.242 e. The number of nitrogens with one attached hydrogen (secondary N) is 2. The van der Waals surface area contributed by atoms with Gasteiger partial charge in [0.1, 0.15) is 6.04 Å². The molecule has 0 aromatic heterocycles. The molecule has 3 atom stereocenters. The highest BCUT2D eigenvalue weighted by atomic mass is 16.2. The first-order valence-electron chi connectivity index (χ1n) is 10.3. The molecule has 4 N–H and O–H groups in total. The van der Waals surface area contributed by atoms with E-state index in [1.807, 2.05) is 25.7 Å². The van der Waals surface area contributed by atoms with E-state index in [-0.39, 0.29) is 55.5 Å². The zero-order chi connectivity index (χ0) is 21.3. The Kier molecular flexibility index (Phi) is 12.2. The number of hydrogen-bond donors (Lipinski definition) is 3. The molecule has 0 bridgehead atoms. The zero-order valence-corrected chi connectivity index (χ0v) is 17.6. The SMILES string of the molecule is C.CCC(CC(NC(=O)CCCC(C)C(N)=O)C(=O)NC(C)C)N1CCCC1=O. The summed E-state index contributed by atoms with van der Waals surface area (Å²) in [7, 11) is 0. The Bertz CT molecular complexity index is 565. The number of carbonyl (C=O) groups excluding carboxylic acids is 4. The van der Waals surface area contributed by atoms with E-state index in [1.165, 1.54) is 0 Å². The standard InChI is InChI=1S/C20H36N4O4.CH4/c1-5-15(24-11-7-10-18(24)26)12-16(20(28)22-13(2)3)23-17(25)9-6-8-14(4)19(21)27;/h13-16H,5-12H2,1-4H3,(H2,21,27)(H,22,28)(H,23,25);1H4. The molecule has 0 spiro atoms. The minimum Gasteiger partial charge on any atom is -0.369 e. The second-order valence-corrected chi connectivity index (χ2v) is 7.97. The van der Waals surface area contributed by atoms with Gasteiger partial charge in [0, 0.05) is 37.4 Å². The number of rotatable bonds is 12. The lowest BCUT2D eigenvalue weighted by atomic mass is 10.0. The number of nitrogens with two attached hydrogens (primary N) is 1. The molecule has 1 heterocycles. The summed E-state index contributed by atoms with van der Waals surface area (Å²) in [5.41, 5.74) is 5.24. The highest BCUT2D eigenvalue weighted by Crippen LogP contribution is 2.19. The topological polar surface area (TPSA) is 122 Å². The van der Waals surface area contributed by atoms with Crippen molar-refractivity contribution in [1.82, 2.24) is 15.5 Å². The normalized spacial score (nSPS) is 16.7. The fraction of sp³-hybridized carbons (Fsp3) is 0.810. The lowest BCUT2D eigenvalue weighted by Crippen LogP contribution is -2.52. The van der Waals surface area contributed by atoms with Gasteiger partial charge in [-0.15, -0.1) is 0 Å². The zero-order valence-electron chi connectivity index (χ0n) is 17.6. The van der Waals surface area contributed by atoms with Crippen LogP contribution in [0.5, 0.6) is 0 Å². The fourth-order valence-electron chi connectivity index (χ4n) is 3.44. The van der Waals surface area contributed by atoms with E-state index in [1.54, 1.807) is 6.92 Å². The van der Waals surface area contributed by atoms with E-state index in [0.29, 0.717) is 32.2 Å². The van der Waals surface area contributed by atoms with E-state index in [2.05, 4.69) is 10.6 Å². The first-order valence-corrected chi connectivity index (χ1v) is 10.3. The Morgan fingerprint density at radius 1 is 1.17 bits per heavy atom. The predicted molar refractivity (Wildman–Crippen MR) is 114 cm³/mol. The second kappa shape index (κ2) is 13.2. The van der Waals surface area contributed by atoms with E-state index in [4.69, 9.17) is 5.73 Å². The molecule has 3 unspecified atom stereocenters. The van der Waals surface area contributed by atoms with Crippen LogP contribution in [0.3, 0.4) is 0 Å². The number of amides is 4. The molecule has 1 aliphatic rings. The summed E-state index contributed by atoms with van der Waals surface area (Å²) in [6, 6.07) is -0.813. The van der Waals surface area contributed by atoms with E-state index in [9.17, 15) is 19.2 Å². The highest BCUT2D eigenvalue weighted by molar-refractivity contribution is 5.88. The Balaban J connectivity index is 0.00000784. The molecule has 4 amide bonds. The second-order valence-electron chi connectivity index (χ2n) is 7.97. The first kappa shape index (κ1) is 26.9. The highest BCUT2D eigenvalue weighted by Gasteiger charge is 2.31. The van der Waals surface area contributed by atoms with E-state index < -0.39 is 6.04 Å². The third-order valence-electron chi connectivity index (χ3n) is 5.14. The molecule has 0 radical (unpaired) electrons. The van der Waals surface area contributed by atoms with Gasteiger partial charge in [0.2, 0.25) is 23.6 Å². The Hall–Kier alpha value is -2.12. The fourth-order valence-corrected chi connectivity index (χ4v) is 3.44. The summed E-state index contributed by atoms with van der Waals surface area (Å²) in [5, 5.41) is 5.67. The van der Waals surface area contributed by atoms with Crippen molar-refractivity contribution >= 4 is 23.6 Å². The summed E-state index contributed by atoms with van der Waals surface area (Å²) < 4.78 is 0. The van der Waals surface area contributed by atoms with Gasteiger partial charge >= 0.3 is 0 Å². The molecule has 0 saturated carbocycles. The monoisotopic (exact) mass is 412 g/mol. The number of carbonyl (C=O) groups is 4. The Labute approximate surface area is 175 Å². The molecule has 0 aliphatic carbocycles. The van der Waals surface area contributed by atoms with Crippen LogP contribution < -0.4 is 16.4 Å². The van der Waals surface area contributed by atoms with Crippen LogP contribution in [0.15, 0.2) is 0 Å². The average Bonchev–Trinajstić information content (AvgIpc) is 3.03. The lowest BCUT2D eigenvalue weighted by molar-refractivity contribution is -0.132. The van der Waals surface area contributed by atoms with Crippen LogP contribution in [0, 0.1) is 5.92 Å². The van der Waals surface area contributed by atoms with E-state index >= 15 is 0 Å². The molecule has 0 aromatic carbocycles. The maximum atomic E-state index is 12.6. The third kappa shape index (κ3) is 9.28. The molecule has 1 rings (SSSR count). The third-order valence-corrected chi connectivity index (χ3v) is 5.14. The minimum atomic E-state index is -0.693. The molecule has 1 aliphatic heterocycles. The summed E-state index contributed by atoms with van der Waals surface area (Å²) >= 11 is 0. The molecule has 1 saturated heterocycles. The van der Waals surface area contributed by atoms with Crippen molar-refractivity contribution < 1.29 is 19.2 Å². The van der Waals surface area contributed by atoms with Crippen LogP contribution in [0.1, 0.15) is 80.1 Å². The van der Waals surface area contributed by atoms with Crippen molar-refractivity contribution in [3.05, 3.63) is 0 Å². The maximum Gasteiger partial charge on any atom is 0.242 e. The van der Waals surface area contributed by atoms with Crippen molar-refractivity contribution in [2.75, 3.05) is 6.54 Å². The van der Waals surface area contributed by atoms with Gasteiger partial charge in [0.05, 0.1) is 0 Å². The van der Waals surface area contributed by atoms with Gasteiger partial charge in [-0.1, -0.05) is 21.3 Å². The largest absolute Gasteiger partial charge is 0.369 e. The lowest BCUT2D eigenvalue weighted by Gasteiger charge is -2.30. The summed E-state index contributed by atoms with van der Waals surface area (Å²) in [6.07, 6.45) is 3.78. The minimum absolute atomic E-state index is 0. The van der Waals surface area contributed by atoms with Crippen molar-refractivity contribution in [1.29, 1.82) is 0 Å². The molecular formula is C21H40N4O4. The van der Waals surface area contributed by atoms with Crippen LogP contribution in [0.25, 0.3) is 0 Å². The Morgan fingerprint density at radius 3 is 2.31 bits per heavy atom. The maximum absolute atomic E-state index is 12.6. The van der Waals surface area contributed by atoms with Crippen LogP contribution >= 0.6 is 0 Å². The summed E-state index contributed by atoms with van der Waals surface area (Å²) in [5.74, 6) is -1.02. The molecule has 0 aromatic rings. The van der Waals surface area contributed by atoms with E-state index in [0.717, 1.165) is 12.8 Å². The molecule has 168 valence electrons. The van der Waals surface area contributed by atoms with Crippen molar-refractivity contribution in [3.8, 4) is 0 Å². The number of primary amides is 1. The van der Waals surface area contributed by atoms with Crippen LogP contribution in [-0.4, -0.2) is 53.2 Å². The van der Waals surface area contributed by atoms with Gasteiger partial charge < -0.3 is 21.3 Å². The Morgan fingerprint density at radius 2 is 1.83 bits per heavy atom. The summed E-state index contributed by atoms with van der Waals surface area (Å²) in [6.45, 7) is 8.15. The number of hydrogen-bond acceptors (Lipinski definition) is 4. The van der Waals surface area contributed by atoms with Gasteiger partial charge in [0.15, 0.2) is 0 Å². The predicted octanol–water partition coefficient (Wildman–Crippen LogP) is 1.71. The van der Waals surface area contributed by atoms with Gasteiger partial charge in [0.25, 0.3) is 0 Å². The molecule has 1 fully saturated rings. The van der Waals surface area contributed by atoms with Gasteiger partial charge in [-0.3, -0.25) is 19.2 Å². The quantitative estimate of drug-likeness (QED) is 0.452. The molecule has 29 heavy (non-hydrogen) atoms. The van der Waals surface area contributed by atoms with Gasteiger partial charge in [-0.2, -0.15) is 0 Å². The van der Waals surface area contributed by atoms with Gasteiger partial charge in [-0.05, 0) is 46.0 Å². The molecule has 8 heteroatoms. The van der Waals surface area contributed by atoms with Crippen molar-refractivity contribution in [2.45, 2.75) is 98.2 Å². The first-order chi connectivity index (χ1) is 13.1. The van der Waals surface area contributed by atoms with Crippen molar-refractivity contribution in [3.63, 3.8) is 0 Å². The average molecular weight is 413 g/mol. The summed E-state index contributed by atoms with van der Waals surface area (Å²) in [4.78, 5) is 50.0. The molecular weight excluding hydrogens is 372 g/mol. The van der Waals surface area contributed by atoms with Crippen LogP contribution in [-0.2, 0) is 19.2 Å². The number of nitrogens with zero attached hydrogens (tertiary/aromatic N) is 1.